The van der Waals surface area contributed by atoms with Crippen LogP contribution in [0, 0.1) is 17.8 Å². The molecule has 5 N–H and O–H groups in total. The van der Waals surface area contributed by atoms with Gasteiger partial charge in [0.25, 0.3) is 11.8 Å². The van der Waals surface area contributed by atoms with Crippen LogP contribution in [0.3, 0.4) is 0 Å². The van der Waals surface area contributed by atoms with Gasteiger partial charge in [-0.25, -0.2) is 9.97 Å². The van der Waals surface area contributed by atoms with Crippen molar-refractivity contribution < 1.29 is 22.8 Å². The summed E-state index contributed by atoms with van der Waals surface area (Å²) in [6, 6.07) is 9.89. The number of nitrogens with one attached hydrogen (secondary N) is 3. The number of aromatic nitrogens is 3. The van der Waals surface area contributed by atoms with Crippen molar-refractivity contribution in [1.29, 1.82) is 0 Å². The predicted octanol–water partition coefficient (Wildman–Crippen LogP) is 6.84. The minimum absolute atomic E-state index is 0.00381. The number of rotatable bonds is 8. The molecule has 1 aliphatic heterocycles. The first kappa shape index (κ1) is 33.3. The van der Waals surface area contributed by atoms with Gasteiger partial charge in [0.1, 0.15) is 5.82 Å². The van der Waals surface area contributed by atoms with Gasteiger partial charge in [0, 0.05) is 38.9 Å². The van der Waals surface area contributed by atoms with Gasteiger partial charge < -0.3 is 31.2 Å². The first-order chi connectivity index (χ1) is 23.4. The standard InChI is InChI=1S/C34H35Cl2F3N8O2/c1-46-27-12-26(47-15-19-10-20(19)16-47)23(32(49)43-22-6-4-21(5-7-22)34(37,38)39)11-25(27)44-33(46)45-30-24(35)8-2-17(29(30)36)13-42-31(48)18-3-9-28(40)41-14-18/h2-3,8-9,11-12,14,19-22H,4-7,10,13,15-16H2,1H3,(H2,40,41)(H,42,48)(H,43,49)(H,44,45). The number of anilines is 4. The third-order valence-corrected chi connectivity index (χ3v) is 10.7. The van der Waals surface area contributed by atoms with Crippen LogP contribution in [0.5, 0.6) is 0 Å². The first-order valence-corrected chi connectivity index (χ1v) is 17.0. The number of amides is 2. The number of nitrogens with zero attached hydrogens (tertiary/aromatic N) is 4. The molecule has 4 aromatic rings. The van der Waals surface area contributed by atoms with E-state index in [2.05, 4.69) is 25.8 Å². The van der Waals surface area contributed by atoms with Crippen molar-refractivity contribution in [2.45, 2.75) is 50.9 Å². The Morgan fingerprint density at radius 1 is 1.02 bits per heavy atom. The molecule has 2 aliphatic carbocycles. The van der Waals surface area contributed by atoms with E-state index in [1.807, 2.05) is 17.7 Å². The summed E-state index contributed by atoms with van der Waals surface area (Å²) in [5.41, 5.74) is 9.53. The number of hydrogen-bond donors (Lipinski definition) is 4. The highest BCUT2D eigenvalue weighted by Crippen LogP contribution is 2.47. The highest BCUT2D eigenvalue weighted by molar-refractivity contribution is 6.39. The molecule has 2 unspecified atom stereocenters. The summed E-state index contributed by atoms with van der Waals surface area (Å²) in [4.78, 5) is 37.3. The molecule has 0 spiro atoms. The first-order valence-electron chi connectivity index (χ1n) is 16.2. The van der Waals surface area contributed by atoms with Gasteiger partial charge >= 0.3 is 6.18 Å². The van der Waals surface area contributed by atoms with Gasteiger partial charge in [-0.3, -0.25) is 9.59 Å². The van der Waals surface area contributed by atoms with Crippen LogP contribution >= 0.6 is 23.2 Å². The maximum atomic E-state index is 13.7. The van der Waals surface area contributed by atoms with Crippen LogP contribution in [0.4, 0.5) is 36.3 Å². The number of imidazole rings is 1. The van der Waals surface area contributed by atoms with E-state index in [4.69, 9.17) is 33.9 Å². The number of benzene rings is 2. The molecule has 2 atom stereocenters. The molecule has 1 saturated heterocycles. The lowest BCUT2D eigenvalue weighted by atomic mass is 9.85. The number of piperidine rings is 1. The molecule has 0 radical (unpaired) electrons. The zero-order valence-electron chi connectivity index (χ0n) is 26.6. The Balaban J connectivity index is 1.13. The number of halogens is 5. The van der Waals surface area contributed by atoms with Crippen LogP contribution in [0.2, 0.25) is 10.0 Å². The van der Waals surface area contributed by atoms with Crippen molar-refractivity contribution >= 4 is 69.2 Å². The second-order valence-corrected chi connectivity index (χ2v) is 14.0. The highest BCUT2D eigenvalue weighted by atomic mass is 35.5. The molecule has 15 heteroatoms. The van der Waals surface area contributed by atoms with E-state index in [9.17, 15) is 22.8 Å². The Kier molecular flexibility index (Phi) is 8.76. The van der Waals surface area contributed by atoms with E-state index in [-0.39, 0.29) is 50.1 Å². The largest absolute Gasteiger partial charge is 0.391 e. The Morgan fingerprint density at radius 3 is 2.43 bits per heavy atom. The van der Waals surface area contributed by atoms with Crippen LogP contribution in [0.25, 0.3) is 11.0 Å². The molecule has 3 heterocycles. The number of carbonyl (C=O) groups excluding carboxylic acids is 2. The average Bonchev–Trinajstić information content (AvgIpc) is 3.55. The summed E-state index contributed by atoms with van der Waals surface area (Å²) in [7, 11) is 1.84. The van der Waals surface area contributed by atoms with Gasteiger partial charge in [-0.05, 0) is 79.8 Å². The Bertz CT molecular complexity index is 1920. The van der Waals surface area contributed by atoms with Gasteiger partial charge in [-0.15, -0.1) is 0 Å². The van der Waals surface area contributed by atoms with Crippen LogP contribution in [0.15, 0.2) is 42.6 Å². The monoisotopic (exact) mass is 714 g/mol. The SMILES string of the molecule is Cn1c(Nc2c(Cl)ccc(CNC(=O)c3ccc(N)nc3)c2Cl)nc2cc(C(=O)NC3CCC(C(F)(F)F)CC3)c(N3CC4CC4C3)cc21. The lowest BCUT2D eigenvalue weighted by Gasteiger charge is -2.31. The number of nitrogens with two attached hydrogens (primary N) is 1. The smallest absolute Gasteiger partial charge is 0.384 e. The molecule has 2 saturated carbocycles. The highest BCUT2D eigenvalue weighted by Gasteiger charge is 2.46. The zero-order chi connectivity index (χ0) is 34.6. The van der Waals surface area contributed by atoms with Crippen molar-refractivity contribution in [2.24, 2.45) is 24.8 Å². The van der Waals surface area contributed by atoms with Gasteiger partial charge in [-0.2, -0.15) is 13.2 Å². The second kappa shape index (κ2) is 12.9. The fourth-order valence-corrected chi connectivity index (χ4v) is 7.51. The Hall–Kier alpha value is -4.23. The third kappa shape index (κ3) is 6.83. The fraction of sp³-hybridized carbons (Fsp3) is 0.412. The maximum absolute atomic E-state index is 13.7. The minimum Gasteiger partial charge on any atom is -0.384 e. The van der Waals surface area contributed by atoms with Crippen LogP contribution < -0.4 is 26.6 Å². The summed E-state index contributed by atoms with van der Waals surface area (Å²) in [5, 5.41) is 9.72. The summed E-state index contributed by atoms with van der Waals surface area (Å²) in [5.74, 6) is -0.0339. The number of pyridine rings is 1. The topological polar surface area (TPSA) is 130 Å². The van der Waals surface area contributed by atoms with E-state index >= 15 is 0 Å². The summed E-state index contributed by atoms with van der Waals surface area (Å²) in [6.07, 6.45) is -1.07. The number of alkyl halides is 3. The normalized spacial score (nSPS) is 21.8. The van der Waals surface area contributed by atoms with Crippen molar-refractivity contribution in [3.63, 3.8) is 0 Å². The van der Waals surface area contributed by atoms with Crippen molar-refractivity contribution in [2.75, 3.05) is 29.0 Å². The molecule has 7 rings (SSSR count). The van der Waals surface area contributed by atoms with E-state index in [1.54, 1.807) is 30.3 Å². The molecule has 2 amide bonds. The van der Waals surface area contributed by atoms with E-state index in [0.717, 1.165) is 24.3 Å². The minimum atomic E-state index is -4.21. The number of carbonyl (C=O) groups is 2. The Morgan fingerprint density at radius 2 is 1.76 bits per heavy atom. The molecule has 3 fully saturated rings. The molecule has 258 valence electrons. The maximum Gasteiger partial charge on any atom is 0.391 e. The zero-order valence-corrected chi connectivity index (χ0v) is 28.1. The van der Waals surface area contributed by atoms with Crippen molar-refractivity contribution in [1.82, 2.24) is 25.2 Å². The van der Waals surface area contributed by atoms with Crippen LogP contribution in [0.1, 0.15) is 58.4 Å². The summed E-state index contributed by atoms with van der Waals surface area (Å²) < 4.78 is 41.5. The van der Waals surface area contributed by atoms with Gasteiger partial charge in [0.15, 0.2) is 0 Å². The van der Waals surface area contributed by atoms with Gasteiger partial charge in [0.2, 0.25) is 5.95 Å². The third-order valence-electron chi connectivity index (χ3n) is 9.98. The number of aryl methyl sites for hydroxylation is 1. The summed E-state index contributed by atoms with van der Waals surface area (Å²) in [6.45, 7) is 1.81. The van der Waals surface area contributed by atoms with Crippen molar-refractivity contribution in [3.8, 4) is 0 Å². The van der Waals surface area contributed by atoms with Crippen molar-refractivity contribution in [3.05, 3.63) is 69.3 Å². The Labute approximate surface area is 290 Å². The van der Waals surface area contributed by atoms with Crippen LogP contribution in [-0.4, -0.2) is 51.7 Å². The quantitative estimate of drug-likeness (QED) is 0.157. The molecule has 2 aromatic carbocycles. The van der Waals surface area contributed by atoms with Crippen LogP contribution in [-0.2, 0) is 13.6 Å². The predicted molar refractivity (Wildman–Crippen MR) is 183 cm³/mol. The lowest BCUT2D eigenvalue weighted by Crippen LogP contribution is -2.40. The molecule has 49 heavy (non-hydrogen) atoms. The average molecular weight is 716 g/mol. The second-order valence-electron chi connectivity index (χ2n) is 13.3. The molecule has 0 bridgehead atoms. The number of hydrogen-bond acceptors (Lipinski definition) is 7. The van der Waals surface area contributed by atoms with E-state index in [1.165, 1.54) is 12.6 Å². The lowest BCUT2D eigenvalue weighted by molar-refractivity contribution is -0.182. The molecular weight excluding hydrogens is 680 g/mol. The van der Waals surface area contributed by atoms with E-state index in [0.29, 0.717) is 61.5 Å². The molecule has 3 aliphatic rings. The number of nitrogen functional groups attached to an aromatic ring is 1. The summed E-state index contributed by atoms with van der Waals surface area (Å²) >= 11 is 13.4. The molecular formula is C34H35Cl2F3N8O2. The van der Waals surface area contributed by atoms with E-state index < -0.39 is 12.1 Å². The van der Waals surface area contributed by atoms with Gasteiger partial charge in [-0.1, -0.05) is 29.3 Å². The fourth-order valence-electron chi connectivity index (χ4n) is 6.98. The molecule has 10 nitrogen and oxygen atoms in total. The molecule has 2 aromatic heterocycles. The van der Waals surface area contributed by atoms with Gasteiger partial charge in [0.05, 0.1) is 49.5 Å². The number of fused-ring (bicyclic) bond motifs is 2.